The maximum atomic E-state index is 7.76. The molecule has 0 aromatic rings. The molecule has 0 spiro atoms. The van der Waals surface area contributed by atoms with Crippen LogP contribution in [0.4, 0.5) is 0 Å². The monoisotopic (exact) mass is 369 g/mol. The Kier molecular flexibility index (Phi) is 25.2. The minimum atomic E-state index is -2.10. The average molecular weight is 369 g/mol. The van der Waals surface area contributed by atoms with Gasteiger partial charge in [-0.1, -0.05) is 0 Å². The van der Waals surface area contributed by atoms with Gasteiger partial charge in [0.1, 0.15) is 0 Å². The van der Waals surface area contributed by atoms with Gasteiger partial charge in [-0.05, 0) is 0 Å². The largest absolute Gasteiger partial charge is 0.328 e. The first-order valence-electron chi connectivity index (χ1n) is 0.991. The van der Waals surface area contributed by atoms with Gasteiger partial charge in [0.15, 0.2) is 0 Å². The van der Waals surface area contributed by atoms with Crippen LogP contribution in [0.15, 0.2) is 0 Å². The molecular formula is CH5O3PWY. The van der Waals surface area contributed by atoms with Crippen LogP contribution in [0.25, 0.3) is 0 Å². The minimum Gasteiger partial charge on any atom is -0.328 e. The molecule has 0 bridgehead atoms. The molecule has 1 radical (unpaired) electrons. The van der Waals surface area contributed by atoms with Crippen molar-refractivity contribution in [3.63, 3.8) is 0 Å². The Balaban J connectivity index is -0.0000000800. The molecule has 0 saturated carbocycles. The van der Waals surface area contributed by atoms with Gasteiger partial charge in [-0.15, -0.1) is 0 Å². The predicted octanol–water partition coefficient (Wildman–Crippen LogP) is -0.161. The van der Waals surface area contributed by atoms with E-state index < -0.39 is 8.60 Å². The molecule has 0 rings (SSSR count). The van der Waals surface area contributed by atoms with E-state index in [1.807, 2.05) is 0 Å². The van der Waals surface area contributed by atoms with E-state index in [2.05, 4.69) is 4.52 Å². The van der Waals surface area contributed by atoms with Gasteiger partial charge in [0.2, 0.25) is 0 Å². The summed E-state index contributed by atoms with van der Waals surface area (Å²) in [7, 11) is -0.870. The molecule has 0 aliphatic heterocycles. The Morgan fingerprint density at radius 2 is 1.57 bits per heavy atom. The smallest absolute Gasteiger partial charge is 0.326 e. The van der Waals surface area contributed by atoms with Gasteiger partial charge in [-0.2, -0.15) is 0 Å². The molecule has 0 saturated heterocycles. The van der Waals surface area contributed by atoms with Crippen LogP contribution in [0.1, 0.15) is 0 Å². The van der Waals surface area contributed by atoms with Gasteiger partial charge in [0.25, 0.3) is 0 Å². The van der Waals surface area contributed by atoms with Crippen LogP contribution in [0.3, 0.4) is 0 Å². The van der Waals surface area contributed by atoms with E-state index in [0.29, 0.717) is 0 Å². The van der Waals surface area contributed by atoms with Crippen LogP contribution in [0.5, 0.6) is 0 Å². The van der Waals surface area contributed by atoms with Crippen LogP contribution >= 0.6 is 8.60 Å². The standard InChI is InChI=1S/CH5O3P.W.Y/c1-4-5(2)3;;/h2-3H,1H3;;. The van der Waals surface area contributed by atoms with Gasteiger partial charge >= 0.3 is 8.60 Å². The van der Waals surface area contributed by atoms with Crippen LogP contribution in [0, 0.1) is 0 Å². The molecule has 0 aromatic heterocycles. The molecule has 0 aliphatic carbocycles. The maximum Gasteiger partial charge on any atom is 0.326 e. The normalized spacial score (nSPS) is 6.86. The van der Waals surface area contributed by atoms with E-state index in [4.69, 9.17) is 9.79 Å². The fraction of sp³-hybridized carbons (Fsp3) is 1.00. The number of hydrogen-bond acceptors (Lipinski definition) is 3. The fourth-order valence-electron chi connectivity index (χ4n) is 0. The number of rotatable bonds is 1. The summed E-state index contributed by atoms with van der Waals surface area (Å²) in [6.45, 7) is 0. The fourth-order valence-corrected chi connectivity index (χ4v) is 0. The minimum absolute atomic E-state index is 0. The van der Waals surface area contributed by atoms with Crippen molar-refractivity contribution >= 4 is 8.60 Å². The van der Waals surface area contributed by atoms with E-state index >= 15 is 0 Å². The number of hydrogen-bond donors (Lipinski definition) is 2. The predicted molar refractivity (Wildman–Crippen MR) is 18.4 cm³/mol. The van der Waals surface area contributed by atoms with Gasteiger partial charge in [0, 0.05) is 60.9 Å². The first kappa shape index (κ1) is 16.0. The van der Waals surface area contributed by atoms with Crippen molar-refractivity contribution in [2.24, 2.45) is 0 Å². The molecule has 3 nitrogen and oxygen atoms in total. The van der Waals surface area contributed by atoms with E-state index in [9.17, 15) is 0 Å². The van der Waals surface area contributed by atoms with Gasteiger partial charge in [0.05, 0.1) is 0 Å². The zero-order valence-corrected chi connectivity index (χ0v) is 10.4. The Hall–Kier alpha value is 2.10. The van der Waals surface area contributed by atoms with Crippen molar-refractivity contribution in [3.05, 3.63) is 0 Å². The third-order valence-electron chi connectivity index (χ3n) is 0.163. The van der Waals surface area contributed by atoms with Crippen LogP contribution in [-0.4, -0.2) is 16.9 Å². The second-order valence-electron chi connectivity index (χ2n) is 0.435. The van der Waals surface area contributed by atoms with Gasteiger partial charge in [-0.25, -0.2) is 0 Å². The maximum absolute atomic E-state index is 7.76. The zero-order chi connectivity index (χ0) is 4.28. The summed E-state index contributed by atoms with van der Waals surface area (Å²) in [6, 6.07) is 0. The average Bonchev–Trinajstić information content (AvgIpc) is 1.38. The summed E-state index contributed by atoms with van der Waals surface area (Å²) in [5.41, 5.74) is 0. The van der Waals surface area contributed by atoms with Crippen molar-refractivity contribution in [3.8, 4) is 0 Å². The quantitative estimate of drug-likeness (QED) is 0.632. The zero-order valence-electron chi connectivity index (χ0n) is 3.74. The molecular weight excluding hydrogens is 364 g/mol. The molecule has 0 fully saturated rings. The summed E-state index contributed by atoms with van der Waals surface area (Å²) in [4.78, 5) is 15.5. The Morgan fingerprint density at radius 1 is 1.43 bits per heavy atom. The molecule has 0 aromatic carbocycles. The van der Waals surface area contributed by atoms with E-state index in [-0.39, 0.29) is 53.8 Å². The van der Waals surface area contributed by atoms with Crippen LogP contribution < -0.4 is 0 Å². The molecule has 0 atom stereocenters. The molecule has 0 heterocycles. The van der Waals surface area contributed by atoms with Crippen molar-refractivity contribution < 1.29 is 68.1 Å². The van der Waals surface area contributed by atoms with E-state index in [1.165, 1.54) is 7.11 Å². The molecule has 41 valence electrons. The van der Waals surface area contributed by atoms with E-state index in [0.717, 1.165) is 0 Å². The topological polar surface area (TPSA) is 49.7 Å². The van der Waals surface area contributed by atoms with Gasteiger partial charge < -0.3 is 14.3 Å². The third kappa shape index (κ3) is 17.9. The third-order valence-corrected chi connectivity index (χ3v) is 0.490. The Morgan fingerprint density at radius 3 is 1.57 bits per heavy atom. The van der Waals surface area contributed by atoms with E-state index in [1.54, 1.807) is 0 Å². The van der Waals surface area contributed by atoms with Crippen molar-refractivity contribution in [2.75, 3.05) is 7.11 Å². The van der Waals surface area contributed by atoms with Crippen molar-refractivity contribution in [1.82, 2.24) is 0 Å². The first-order chi connectivity index (χ1) is 2.27. The van der Waals surface area contributed by atoms with Crippen LogP contribution in [0.2, 0.25) is 0 Å². The molecule has 0 aliphatic rings. The summed E-state index contributed by atoms with van der Waals surface area (Å²) >= 11 is 0. The molecule has 0 amide bonds. The van der Waals surface area contributed by atoms with Crippen LogP contribution in [-0.2, 0) is 58.3 Å². The van der Waals surface area contributed by atoms with Gasteiger partial charge in [-0.3, -0.25) is 0 Å². The summed E-state index contributed by atoms with van der Waals surface area (Å²) in [5.74, 6) is 0. The molecule has 0 unspecified atom stereocenters. The molecule has 7 heavy (non-hydrogen) atoms. The van der Waals surface area contributed by atoms with Crippen molar-refractivity contribution in [1.29, 1.82) is 0 Å². The molecule has 2 N–H and O–H groups in total. The summed E-state index contributed by atoms with van der Waals surface area (Å²) < 4.78 is 3.93. The van der Waals surface area contributed by atoms with Crippen molar-refractivity contribution in [2.45, 2.75) is 0 Å². The summed E-state index contributed by atoms with van der Waals surface area (Å²) in [5, 5.41) is 0. The summed E-state index contributed by atoms with van der Waals surface area (Å²) in [6.07, 6.45) is 0. The Bertz CT molecular complexity index is 28.9. The SMILES string of the molecule is COP(O)O.[W].[Y]. The molecule has 6 heteroatoms. The first-order valence-corrected chi connectivity index (χ1v) is 2.16. The Labute approximate surface area is 83.0 Å². The second kappa shape index (κ2) is 11.0. The second-order valence-corrected chi connectivity index (χ2v) is 1.31.